The average Bonchev–Trinajstić information content (AvgIpc) is 3.36. The van der Waals surface area contributed by atoms with Crippen LogP contribution in [0.2, 0.25) is 0 Å². The third-order valence-electron chi connectivity index (χ3n) is 6.89. The molecule has 0 aromatic heterocycles. The summed E-state index contributed by atoms with van der Waals surface area (Å²) >= 11 is 0. The molecule has 2 aromatic carbocycles. The maximum absolute atomic E-state index is 12.7. The zero-order chi connectivity index (χ0) is 19.3. The van der Waals surface area contributed by atoms with E-state index in [4.69, 9.17) is 4.74 Å². The number of aliphatic carboxylic acids is 1. The second-order valence-corrected chi connectivity index (χ2v) is 8.23. The van der Waals surface area contributed by atoms with Crippen molar-refractivity contribution < 1.29 is 19.4 Å². The molecule has 5 rings (SSSR count). The molecule has 1 saturated heterocycles. The number of fused-ring (bicyclic) bond motifs is 4. The van der Waals surface area contributed by atoms with Crippen LogP contribution in [0.3, 0.4) is 0 Å². The quantitative estimate of drug-likeness (QED) is 0.874. The van der Waals surface area contributed by atoms with Crippen molar-refractivity contribution in [2.24, 2.45) is 11.3 Å². The Balaban J connectivity index is 1.32. The molecule has 2 fully saturated rings. The Kier molecular flexibility index (Phi) is 3.93. The third-order valence-corrected chi connectivity index (χ3v) is 6.89. The lowest BCUT2D eigenvalue weighted by molar-refractivity contribution is -0.149. The Bertz CT molecular complexity index is 910. The molecule has 2 aliphatic carbocycles. The minimum absolute atomic E-state index is 0.0203. The summed E-state index contributed by atoms with van der Waals surface area (Å²) in [5.41, 5.74) is 3.97. The Morgan fingerprint density at radius 1 is 1.07 bits per heavy atom. The number of likely N-dealkylation sites (tertiary alicyclic amines) is 1. The second-order valence-electron chi connectivity index (χ2n) is 8.23. The van der Waals surface area contributed by atoms with Gasteiger partial charge in [-0.05, 0) is 41.0 Å². The molecule has 1 amide bonds. The number of ether oxygens (including phenoxy) is 1. The van der Waals surface area contributed by atoms with Crippen LogP contribution in [-0.4, -0.2) is 41.8 Å². The van der Waals surface area contributed by atoms with Gasteiger partial charge in [-0.2, -0.15) is 0 Å². The van der Waals surface area contributed by atoms with E-state index in [9.17, 15) is 14.7 Å². The summed E-state index contributed by atoms with van der Waals surface area (Å²) in [5, 5.41) is 9.72. The Morgan fingerprint density at radius 2 is 1.71 bits per heavy atom. The fourth-order valence-electron chi connectivity index (χ4n) is 5.46. The molecule has 144 valence electrons. The monoisotopic (exact) mass is 377 g/mol. The number of hydrogen-bond acceptors (Lipinski definition) is 3. The minimum atomic E-state index is -0.774. The summed E-state index contributed by atoms with van der Waals surface area (Å²) in [5.74, 6) is -0.707. The SMILES string of the molecule is O=C(OCC1c2ccccc2-c2ccccc21)N1C[C@@H]2CCC[C@@]2(C(=O)O)C1. The zero-order valence-corrected chi connectivity index (χ0v) is 15.6. The zero-order valence-electron chi connectivity index (χ0n) is 15.6. The molecule has 1 saturated carbocycles. The predicted octanol–water partition coefficient (Wildman–Crippen LogP) is 4.12. The molecule has 3 aliphatic rings. The molecule has 0 bridgehead atoms. The van der Waals surface area contributed by atoms with Crippen LogP contribution in [0.1, 0.15) is 36.3 Å². The normalized spacial score (nSPS) is 25.3. The molecule has 2 aromatic rings. The van der Waals surface area contributed by atoms with E-state index in [-0.39, 0.29) is 25.0 Å². The van der Waals surface area contributed by atoms with Gasteiger partial charge in [-0.25, -0.2) is 4.79 Å². The average molecular weight is 377 g/mol. The van der Waals surface area contributed by atoms with Gasteiger partial charge in [0, 0.05) is 19.0 Å². The van der Waals surface area contributed by atoms with Gasteiger partial charge in [-0.3, -0.25) is 4.79 Å². The maximum Gasteiger partial charge on any atom is 0.409 e. The van der Waals surface area contributed by atoms with Gasteiger partial charge in [0.15, 0.2) is 0 Å². The highest BCUT2D eigenvalue weighted by Crippen LogP contribution is 2.49. The van der Waals surface area contributed by atoms with Crippen molar-refractivity contribution in [3.63, 3.8) is 0 Å². The van der Waals surface area contributed by atoms with E-state index < -0.39 is 17.5 Å². The molecule has 1 N–H and O–H groups in total. The number of carboxylic acids is 1. The first-order valence-corrected chi connectivity index (χ1v) is 9.93. The van der Waals surface area contributed by atoms with Crippen LogP contribution in [0.4, 0.5) is 4.79 Å². The summed E-state index contributed by atoms with van der Waals surface area (Å²) in [6, 6.07) is 16.5. The van der Waals surface area contributed by atoms with E-state index >= 15 is 0 Å². The van der Waals surface area contributed by atoms with Crippen LogP contribution in [-0.2, 0) is 9.53 Å². The summed E-state index contributed by atoms with van der Waals surface area (Å²) in [6.45, 7) is 1.03. The first-order chi connectivity index (χ1) is 13.6. The van der Waals surface area contributed by atoms with Gasteiger partial charge in [0.2, 0.25) is 0 Å². The lowest BCUT2D eigenvalue weighted by Crippen LogP contribution is -2.37. The van der Waals surface area contributed by atoms with E-state index in [1.807, 2.05) is 24.3 Å². The second kappa shape index (κ2) is 6.36. The minimum Gasteiger partial charge on any atom is -0.481 e. The van der Waals surface area contributed by atoms with E-state index in [2.05, 4.69) is 24.3 Å². The van der Waals surface area contributed by atoms with Gasteiger partial charge >= 0.3 is 12.1 Å². The number of amides is 1. The molecule has 0 spiro atoms. The molecule has 0 radical (unpaired) electrons. The molecule has 1 heterocycles. The van der Waals surface area contributed by atoms with Gasteiger partial charge in [0.1, 0.15) is 6.61 Å². The fraction of sp³-hybridized carbons (Fsp3) is 0.391. The molecular formula is C23H23NO4. The van der Waals surface area contributed by atoms with Crippen molar-refractivity contribution in [3.05, 3.63) is 59.7 Å². The fourth-order valence-corrected chi connectivity index (χ4v) is 5.46. The molecule has 5 heteroatoms. The van der Waals surface area contributed by atoms with Crippen LogP contribution in [0.5, 0.6) is 0 Å². The highest BCUT2D eigenvalue weighted by molar-refractivity contribution is 5.80. The first kappa shape index (κ1) is 17.3. The smallest absolute Gasteiger partial charge is 0.409 e. The highest BCUT2D eigenvalue weighted by Gasteiger charge is 2.56. The van der Waals surface area contributed by atoms with Gasteiger partial charge < -0.3 is 14.7 Å². The number of hydrogen-bond donors (Lipinski definition) is 1. The van der Waals surface area contributed by atoms with Crippen molar-refractivity contribution in [3.8, 4) is 11.1 Å². The molecule has 28 heavy (non-hydrogen) atoms. The van der Waals surface area contributed by atoms with Gasteiger partial charge in [0.05, 0.1) is 5.41 Å². The van der Waals surface area contributed by atoms with Crippen molar-refractivity contribution in [2.45, 2.75) is 25.2 Å². The Labute approximate surface area is 163 Å². The predicted molar refractivity (Wildman–Crippen MR) is 104 cm³/mol. The summed E-state index contributed by atoms with van der Waals surface area (Å²) in [6.07, 6.45) is 2.06. The third kappa shape index (κ3) is 2.45. The Hall–Kier alpha value is -2.82. The van der Waals surface area contributed by atoms with E-state index in [1.54, 1.807) is 4.90 Å². The van der Waals surface area contributed by atoms with Gasteiger partial charge in [-0.15, -0.1) is 0 Å². The summed E-state index contributed by atoms with van der Waals surface area (Å²) < 4.78 is 5.71. The number of rotatable bonds is 3. The maximum atomic E-state index is 12.7. The highest BCUT2D eigenvalue weighted by atomic mass is 16.6. The number of benzene rings is 2. The summed E-state index contributed by atoms with van der Waals surface area (Å²) in [7, 11) is 0. The van der Waals surface area contributed by atoms with E-state index in [0.29, 0.717) is 13.0 Å². The van der Waals surface area contributed by atoms with Crippen LogP contribution >= 0.6 is 0 Å². The van der Waals surface area contributed by atoms with Crippen molar-refractivity contribution in [2.75, 3.05) is 19.7 Å². The van der Waals surface area contributed by atoms with E-state index in [1.165, 1.54) is 22.3 Å². The molecular weight excluding hydrogens is 354 g/mol. The molecule has 5 nitrogen and oxygen atoms in total. The van der Waals surface area contributed by atoms with Gasteiger partial charge in [0.25, 0.3) is 0 Å². The summed E-state index contributed by atoms with van der Waals surface area (Å²) in [4.78, 5) is 26.2. The lowest BCUT2D eigenvalue weighted by atomic mass is 9.81. The number of nitrogens with zero attached hydrogens (tertiary/aromatic N) is 1. The van der Waals surface area contributed by atoms with Crippen LogP contribution in [0.15, 0.2) is 48.5 Å². The largest absolute Gasteiger partial charge is 0.481 e. The van der Waals surface area contributed by atoms with E-state index in [0.717, 1.165) is 12.8 Å². The van der Waals surface area contributed by atoms with Gasteiger partial charge in [-0.1, -0.05) is 55.0 Å². The number of carbonyl (C=O) groups excluding carboxylic acids is 1. The Morgan fingerprint density at radius 3 is 2.32 bits per heavy atom. The first-order valence-electron chi connectivity index (χ1n) is 9.93. The number of carboxylic acid groups (broad SMARTS) is 1. The molecule has 0 unspecified atom stereocenters. The van der Waals surface area contributed by atoms with Crippen molar-refractivity contribution >= 4 is 12.1 Å². The van der Waals surface area contributed by atoms with Crippen molar-refractivity contribution in [1.82, 2.24) is 4.90 Å². The van der Waals surface area contributed by atoms with Crippen LogP contribution in [0, 0.1) is 11.3 Å². The topological polar surface area (TPSA) is 66.8 Å². The molecule has 2 atom stereocenters. The van der Waals surface area contributed by atoms with Crippen LogP contribution in [0.25, 0.3) is 11.1 Å². The van der Waals surface area contributed by atoms with Crippen molar-refractivity contribution in [1.29, 1.82) is 0 Å². The standard InChI is InChI=1S/C23H23NO4/c25-21(26)23-11-5-6-15(23)12-24(14-23)22(27)28-13-20-18-9-3-1-7-16(18)17-8-2-4-10-19(17)20/h1-4,7-10,15,20H,5-6,11-14H2,(H,25,26)/t15-,23+/m0/s1. The lowest BCUT2D eigenvalue weighted by Gasteiger charge is -2.23. The molecule has 1 aliphatic heterocycles. The number of carbonyl (C=O) groups is 2. The van der Waals surface area contributed by atoms with Crippen LogP contribution < -0.4 is 0 Å².